The molecule has 0 amide bonds. The molecular weight excluding hydrogens is 463 g/mol. The Labute approximate surface area is 205 Å². The highest BCUT2D eigenvalue weighted by Gasteiger charge is 2.28. The van der Waals surface area contributed by atoms with Crippen LogP contribution in [0, 0.1) is 5.82 Å². The van der Waals surface area contributed by atoms with Crippen molar-refractivity contribution in [2.45, 2.75) is 18.9 Å². The fourth-order valence-electron chi connectivity index (χ4n) is 4.73. The van der Waals surface area contributed by atoms with Crippen molar-refractivity contribution in [3.05, 3.63) is 64.2 Å². The van der Waals surface area contributed by atoms with Gasteiger partial charge in [0.25, 0.3) is 0 Å². The number of benzene rings is 2. The Hall–Kier alpha value is -4.21. The fraction of sp³-hybridized carbons (Fsp3) is 0.308. The van der Waals surface area contributed by atoms with Crippen LogP contribution in [0.15, 0.2) is 52.4 Å². The topological polar surface area (TPSA) is 95.8 Å². The lowest BCUT2D eigenvalue weighted by Crippen LogP contribution is -2.46. The van der Waals surface area contributed by atoms with E-state index in [0.29, 0.717) is 43.3 Å². The lowest BCUT2D eigenvalue weighted by atomic mass is 10.1. The van der Waals surface area contributed by atoms with Crippen LogP contribution in [0.5, 0.6) is 0 Å². The van der Waals surface area contributed by atoms with Gasteiger partial charge in [0.1, 0.15) is 11.4 Å². The lowest BCUT2D eigenvalue weighted by molar-refractivity contribution is 0.0598. The summed E-state index contributed by atoms with van der Waals surface area (Å²) in [7, 11) is 1.23. The number of hydrogen-bond acceptors (Lipinski definition) is 6. The zero-order chi connectivity index (χ0) is 24.8. The predicted molar refractivity (Wildman–Crippen MR) is 136 cm³/mol. The van der Waals surface area contributed by atoms with Crippen molar-refractivity contribution in [3.8, 4) is 0 Å². The van der Waals surface area contributed by atoms with Gasteiger partial charge >= 0.3 is 5.97 Å². The van der Waals surface area contributed by atoms with E-state index in [0.717, 1.165) is 23.9 Å². The van der Waals surface area contributed by atoms with Gasteiger partial charge in [-0.05, 0) is 37.1 Å². The Bertz CT molecular complexity index is 1530. The number of aromatic nitrogens is 3. The summed E-state index contributed by atoms with van der Waals surface area (Å²) >= 11 is 0. The Kier molecular flexibility index (Phi) is 5.43. The van der Waals surface area contributed by atoms with Gasteiger partial charge in [-0.25, -0.2) is 19.2 Å². The molecule has 2 fully saturated rings. The predicted octanol–water partition coefficient (Wildman–Crippen LogP) is 3.62. The molecule has 0 unspecified atom stereocenters. The lowest BCUT2D eigenvalue weighted by Gasteiger charge is -2.35. The number of hydrogen-bond donors (Lipinski definition) is 1. The van der Waals surface area contributed by atoms with E-state index < -0.39 is 17.2 Å². The van der Waals surface area contributed by atoms with Crippen LogP contribution in [-0.2, 0) is 4.74 Å². The maximum absolute atomic E-state index is 15.3. The number of nitrogens with one attached hydrogen (secondary N) is 1. The number of anilines is 1. The van der Waals surface area contributed by atoms with Crippen LogP contribution in [0.3, 0.4) is 0 Å². The Morgan fingerprint density at radius 1 is 1.19 bits per heavy atom. The standard InChI is InChI=1S/C26H25FN6O3/c1-36-25(35)18-14-33(16-6-7-16)22-13-23(19(27)12-17(22)24(18)34)32-10-8-31(9-11-32)15-28-26-29-20-4-2-3-5-21(20)30-26/h2-5,12-16H,6-11H2,1H3,(H,29,30)/b28-15-. The smallest absolute Gasteiger partial charge is 0.343 e. The van der Waals surface area contributed by atoms with Gasteiger partial charge in [0.15, 0.2) is 0 Å². The minimum atomic E-state index is -0.707. The zero-order valence-electron chi connectivity index (χ0n) is 19.8. The first-order valence-corrected chi connectivity index (χ1v) is 12.0. The fourth-order valence-corrected chi connectivity index (χ4v) is 4.73. The van der Waals surface area contributed by atoms with Crippen molar-refractivity contribution in [1.29, 1.82) is 0 Å². The maximum Gasteiger partial charge on any atom is 0.343 e. The van der Waals surface area contributed by atoms with Crippen LogP contribution >= 0.6 is 0 Å². The van der Waals surface area contributed by atoms with Gasteiger partial charge in [-0.2, -0.15) is 0 Å². The van der Waals surface area contributed by atoms with Crippen molar-refractivity contribution in [1.82, 2.24) is 19.4 Å². The highest BCUT2D eigenvalue weighted by atomic mass is 19.1. The SMILES string of the molecule is COC(=O)c1cn(C2CC2)c2cc(N3CCN(/C=N\c4nc5ccccc5[nH]4)CC3)c(F)cc2c1=O. The zero-order valence-corrected chi connectivity index (χ0v) is 19.8. The molecule has 0 bridgehead atoms. The summed E-state index contributed by atoms with van der Waals surface area (Å²) in [5, 5.41) is 0.197. The molecule has 0 atom stereocenters. The first kappa shape index (κ1) is 22.3. The summed E-state index contributed by atoms with van der Waals surface area (Å²) in [5.74, 6) is -0.641. The Balaban J connectivity index is 1.24. The third kappa shape index (κ3) is 3.98. The summed E-state index contributed by atoms with van der Waals surface area (Å²) in [5.41, 5.74) is 2.32. The number of piperazine rings is 1. The third-order valence-electron chi connectivity index (χ3n) is 6.82. The number of rotatable bonds is 5. The molecule has 184 valence electrons. The molecule has 2 aromatic heterocycles. The van der Waals surface area contributed by atoms with Crippen molar-refractivity contribution in [2.75, 3.05) is 38.2 Å². The second-order valence-corrected chi connectivity index (χ2v) is 9.17. The Morgan fingerprint density at radius 2 is 1.97 bits per heavy atom. The number of aliphatic imine (C=N–C) groups is 1. The van der Waals surface area contributed by atoms with E-state index in [2.05, 4.69) is 19.9 Å². The van der Waals surface area contributed by atoms with E-state index in [1.54, 1.807) is 18.6 Å². The van der Waals surface area contributed by atoms with Gasteiger partial charge in [0.2, 0.25) is 11.4 Å². The summed E-state index contributed by atoms with van der Waals surface area (Å²) in [6, 6.07) is 11.0. The molecule has 0 spiro atoms. The van der Waals surface area contributed by atoms with Crippen LogP contribution in [0.4, 0.5) is 16.0 Å². The van der Waals surface area contributed by atoms with Crippen molar-refractivity contribution in [2.24, 2.45) is 4.99 Å². The Morgan fingerprint density at radius 3 is 2.69 bits per heavy atom. The molecule has 2 aromatic carbocycles. The number of halogens is 1. The average molecular weight is 489 g/mol. The maximum atomic E-state index is 15.3. The van der Waals surface area contributed by atoms with E-state index in [9.17, 15) is 9.59 Å². The van der Waals surface area contributed by atoms with Crippen LogP contribution in [0.25, 0.3) is 21.9 Å². The minimum absolute atomic E-state index is 0.0681. The highest BCUT2D eigenvalue weighted by molar-refractivity contribution is 5.94. The summed E-state index contributed by atoms with van der Waals surface area (Å²) < 4.78 is 21.9. The first-order chi connectivity index (χ1) is 17.5. The molecule has 1 saturated heterocycles. The molecular formula is C26H25FN6O3. The normalized spacial score (nSPS) is 16.4. The molecule has 9 nitrogen and oxygen atoms in total. The monoisotopic (exact) mass is 488 g/mol. The van der Waals surface area contributed by atoms with Gasteiger partial charge < -0.3 is 24.1 Å². The molecule has 2 aliphatic rings. The molecule has 1 N–H and O–H groups in total. The molecule has 4 aromatic rings. The molecule has 1 saturated carbocycles. The second kappa shape index (κ2) is 8.78. The molecule has 10 heteroatoms. The van der Waals surface area contributed by atoms with Crippen molar-refractivity contribution in [3.63, 3.8) is 0 Å². The third-order valence-corrected chi connectivity index (χ3v) is 6.82. The molecule has 6 rings (SSSR count). The highest BCUT2D eigenvalue weighted by Crippen LogP contribution is 2.38. The summed E-state index contributed by atoms with van der Waals surface area (Å²) in [4.78, 5) is 41.2. The molecule has 36 heavy (non-hydrogen) atoms. The number of ether oxygens (including phenoxy) is 1. The number of pyridine rings is 1. The summed E-state index contributed by atoms with van der Waals surface area (Å²) in [6.07, 6.45) is 5.23. The van der Waals surface area contributed by atoms with Crippen LogP contribution < -0.4 is 10.3 Å². The van der Waals surface area contributed by atoms with Gasteiger partial charge in [-0.15, -0.1) is 0 Å². The van der Waals surface area contributed by atoms with E-state index in [1.807, 2.05) is 33.7 Å². The van der Waals surface area contributed by atoms with Crippen LogP contribution in [0.1, 0.15) is 29.2 Å². The van der Waals surface area contributed by atoms with Gasteiger partial charge in [-0.1, -0.05) is 12.1 Å². The molecule has 3 heterocycles. The van der Waals surface area contributed by atoms with Gasteiger partial charge in [-0.3, -0.25) is 4.79 Å². The number of carbonyl (C=O) groups is 1. The number of methoxy groups -OCH3 is 1. The molecule has 1 aliphatic heterocycles. The van der Waals surface area contributed by atoms with E-state index >= 15 is 4.39 Å². The van der Waals surface area contributed by atoms with Gasteiger partial charge in [0.05, 0.1) is 35.7 Å². The van der Waals surface area contributed by atoms with Crippen molar-refractivity contribution < 1.29 is 13.9 Å². The number of para-hydroxylation sites is 2. The number of H-pyrrole nitrogens is 1. The van der Waals surface area contributed by atoms with Gasteiger partial charge in [0, 0.05) is 43.8 Å². The van der Waals surface area contributed by atoms with Crippen LogP contribution in [-0.4, -0.2) is 65.0 Å². The van der Waals surface area contributed by atoms with E-state index in [-0.39, 0.29) is 17.0 Å². The number of esters is 1. The number of aromatic amines is 1. The average Bonchev–Trinajstić information content (AvgIpc) is 3.66. The quantitative estimate of drug-likeness (QED) is 0.262. The largest absolute Gasteiger partial charge is 0.465 e. The molecule has 1 aliphatic carbocycles. The minimum Gasteiger partial charge on any atom is -0.465 e. The van der Waals surface area contributed by atoms with Crippen molar-refractivity contribution >= 4 is 45.9 Å². The number of fused-ring (bicyclic) bond motifs is 2. The number of carbonyl (C=O) groups excluding carboxylic acids is 1. The number of nitrogens with zero attached hydrogens (tertiary/aromatic N) is 5. The second-order valence-electron chi connectivity index (χ2n) is 9.17. The summed E-state index contributed by atoms with van der Waals surface area (Å²) in [6.45, 7) is 2.53. The molecule has 0 radical (unpaired) electrons. The van der Waals surface area contributed by atoms with E-state index in [1.165, 1.54) is 13.2 Å². The number of imidazole rings is 1. The van der Waals surface area contributed by atoms with Crippen LogP contribution in [0.2, 0.25) is 0 Å². The van der Waals surface area contributed by atoms with E-state index in [4.69, 9.17) is 4.74 Å². The first-order valence-electron chi connectivity index (χ1n) is 12.0.